The molecule has 0 amide bonds. The number of benzene rings is 1. The Bertz CT molecular complexity index is 718. The molecule has 0 aromatic heterocycles. The molecule has 0 fully saturated rings. The molecular formula is C31H60O9P2. The van der Waals surface area contributed by atoms with Crippen molar-refractivity contribution in [2.24, 2.45) is 5.41 Å². The Balaban J connectivity index is 0.00000212. The van der Waals surface area contributed by atoms with Gasteiger partial charge in [-0.05, 0) is 18.4 Å². The van der Waals surface area contributed by atoms with E-state index in [1.54, 1.807) is 0 Å². The van der Waals surface area contributed by atoms with Crippen LogP contribution in [0, 0.1) is 5.41 Å². The normalized spacial score (nSPS) is 14.1. The lowest BCUT2D eigenvalue weighted by atomic mass is 9.62. The molecule has 2 unspecified atom stereocenters. The van der Waals surface area contributed by atoms with E-state index in [9.17, 15) is 20.4 Å². The van der Waals surface area contributed by atoms with Gasteiger partial charge in [0.25, 0.3) is 0 Å². The lowest BCUT2D eigenvalue weighted by Crippen LogP contribution is -2.58. The van der Waals surface area contributed by atoms with Gasteiger partial charge in [0.1, 0.15) is 5.60 Å². The topological polar surface area (TPSA) is 171 Å². The molecular weight excluding hydrogens is 578 g/mol. The Kier molecular flexibility index (Phi) is 25.8. The molecule has 0 radical (unpaired) electrons. The van der Waals surface area contributed by atoms with Gasteiger partial charge in [0.2, 0.25) is 0 Å². The molecule has 42 heavy (non-hydrogen) atoms. The van der Waals surface area contributed by atoms with E-state index in [2.05, 4.69) is 18.2 Å². The Labute approximate surface area is 257 Å². The van der Waals surface area contributed by atoms with Crippen molar-refractivity contribution in [3.8, 4) is 0 Å². The van der Waals surface area contributed by atoms with E-state index < -0.39 is 47.5 Å². The minimum absolute atomic E-state index is 0.418. The number of aliphatic hydroxyl groups is 4. The molecule has 0 aliphatic rings. The molecule has 2 atom stereocenters. The molecule has 0 aliphatic heterocycles. The minimum atomic E-state index is -2.61. The molecule has 0 saturated carbocycles. The van der Waals surface area contributed by atoms with Crippen LogP contribution >= 0.6 is 17.2 Å². The molecule has 1 aromatic carbocycles. The SMILES string of the molecule is CCCCCCCCCCC(O)C(CO)(CO)C(O)(CCCCCCCCCC)c1ccccc1.OP(O)OP(O)O. The summed E-state index contributed by atoms with van der Waals surface area (Å²) >= 11 is 0. The molecule has 0 saturated heterocycles. The number of hydrogen-bond acceptors (Lipinski definition) is 9. The van der Waals surface area contributed by atoms with Crippen molar-refractivity contribution >= 4 is 17.2 Å². The van der Waals surface area contributed by atoms with Crippen molar-refractivity contribution in [3.63, 3.8) is 0 Å². The van der Waals surface area contributed by atoms with E-state index in [1.165, 1.54) is 64.2 Å². The zero-order valence-electron chi connectivity index (χ0n) is 26.0. The van der Waals surface area contributed by atoms with Gasteiger partial charge in [0, 0.05) is 0 Å². The fourth-order valence-electron chi connectivity index (χ4n) is 5.52. The Morgan fingerprint density at radius 2 is 1.05 bits per heavy atom. The standard InChI is InChI=1S/C31H56O4.H4O5P2/c1-3-5-7-9-11-13-15-20-24-29(34)30(26-32,27-33)31(35,28-22-18-17-19-23-28)25-21-16-14-12-10-8-6-4-2;1-6(2)5-7(3)4/h17-19,22-23,29,32-35H,3-16,20-21,24-27H2,1-2H3;1-4H. The van der Waals surface area contributed by atoms with Gasteiger partial charge in [-0.1, -0.05) is 147 Å². The van der Waals surface area contributed by atoms with E-state index in [4.69, 9.17) is 19.6 Å². The summed E-state index contributed by atoms with van der Waals surface area (Å²) in [6, 6.07) is 9.36. The van der Waals surface area contributed by atoms with Gasteiger partial charge in [0.15, 0.2) is 0 Å². The fourth-order valence-corrected chi connectivity index (χ4v) is 6.04. The van der Waals surface area contributed by atoms with Gasteiger partial charge in [-0.15, -0.1) is 0 Å². The van der Waals surface area contributed by atoms with E-state index in [-0.39, 0.29) is 0 Å². The van der Waals surface area contributed by atoms with Gasteiger partial charge in [0.05, 0.1) is 24.7 Å². The third-order valence-electron chi connectivity index (χ3n) is 8.15. The first-order valence-electron chi connectivity index (χ1n) is 15.9. The maximum absolute atomic E-state index is 12.1. The van der Waals surface area contributed by atoms with Crippen molar-refractivity contribution in [1.82, 2.24) is 0 Å². The third-order valence-corrected chi connectivity index (χ3v) is 9.31. The summed E-state index contributed by atoms with van der Waals surface area (Å²) in [7, 11) is -5.22. The second-order valence-corrected chi connectivity index (χ2v) is 13.0. The molecule has 8 N–H and O–H groups in total. The van der Waals surface area contributed by atoms with Crippen LogP contribution in [0.2, 0.25) is 0 Å². The molecule has 0 bridgehead atoms. The lowest BCUT2D eigenvalue weighted by molar-refractivity contribution is -0.196. The summed E-state index contributed by atoms with van der Waals surface area (Å²) in [6.07, 6.45) is 18.4. The highest BCUT2D eigenvalue weighted by atomic mass is 31.2. The molecule has 0 aliphatic carbocycles. The highest BCUT2D eigenvalue weighted by molar-refractivity contribution is 7.53. The van der Waals surface area contributed by atoms with E-state index in [0.29, 0.717) is 18.4 Å². The monoisotopic (exact) mass is 638 g/mol. The first-order chi connectivity index (χ1) is 20.1. The number of hydrogen-bond donors (Lipinski definition) is 8. The lowest BCUT2D eigenvalue weighted by Gasteiger charge is -2.48. The number of unbranched alkanes of at least 4 members (excludes halogenated alkanes) is 14. The van der Waals surface area contributed by atoms with Crippen LogP contribution < -0.4 is 0 Å². The Morgan fingerprint density at radius 3 is 1.43 bits per heavy atom. The van der Waals surface area contributed by atoms with Crippen LogP contribution in [0.15, 0.2) is 30.3 Å². The molecule has 1 rings (SSSR count). The second kappa shape index (κ2) is 26.0. The van der Waals surface area contributed by atoms with Gasteiger partial charge >= 0.3 is 17.2 Å². The summed E-state index contributed by atoms with van der Waals surface area (Å²) in [5, 5.41) is 44.4. The van der Waals surface area contributed by atoms with Gasteiger partial charge in [-0.2, -0.15) is 0 Å². The summed E-state index contributed by atoms with van der Waals surface area (Å²) < 4.78 is 3.60. The zero-order valence-corrected chi connectivity index (χ0v) is 27.8. The average Bonchev–Trinajstić information content (AvgIpc) is 2.97. The summed E-state index contributed by atoms with van der Waals surface area (Å²) in [6.45, 7) is 3.54. The van der Waals surface area contributed by atoms with Gasteiger partial charge in [-0.25, -0.2) is 4.31 Å². The molecule has 11 heteroatoms. The minimum Gasteiger partial charge on any atom is -0.395 e. The quantitative estimate of drug-likeness (QED) is 0.0429. The predicted molar refractivity (Wildman–Crippen MR) is 171 cm³/mol. The molecule has 1 aromatic rings. The zero-order chi connectivity index (χ0) is 31.7. The third kappa shape index (κ3) is 16.7. The first kappa shape index (κ1) is 41.7. The van der Waals surface area contributed by atoms with Crippen LogP contribution in [-0.2, 0) is 9.91 Å². The first-order valence-corrected chi connectivity index (χ1v) is 18.2. The summed E-state index contributed by atoms with van der Waals surface area (Å²) in [5.74, 6) is 0. The van der Waals surface area contributed by atoms with Crippen LogP contribution in [0.1, 0.15) is 135 Å². The van der Waals surface area contributed by atoms with Gasteiger partial charge in [-0.3, -0.25) is 0 Å². The maximum atomic E-state index is 12.1. The van der Waals surface area contributed by atoms with Gasteiger partial charge < -0.3 is 40.0 Å². The predicted octanol–water partition coefficient (Wildman–Crippen LogP) is 6.69. The number of rotatable bonds is 25. The van der Waals surface area contributed by atoms with Crippen molar-refractivity contribution in [3.05, 3.63) is 35.9 Å². The Hall–Kier alpha value is -0.280. The highest BCUT2D eigenvalue weighted by Crippen LogP contribution is 2.47. The van der Waals surface area contributed by atoms with E-state index in [1.807, 2.05) is 30.3 Å². The maximum Gasteiger partial charge on any atom is 0.334 e. The highest BCUT2D eigenvalue weighted by Gasteiger charge is 2.54. The molecule has 0 spiro atoms. The van der Waals surface area contributed by atoms with Crippen molar-refractivity contribution < 1.29 is 44.3 Å². The van der Waals surface area contributed by atoms with Crippen LogP contribution in [0.25, 0.3) is 0 Å². The smallest absolute Gasteiger partial charge is 0.334 e. The van der Waals surface area contributed by atoms with Crippen LogP contribution in [0.5, 0.6) is 0 Å². The summed E-state index contributed by atoms with van der Waals surface area (Å²) in [5.41, 5.74) is -2.21. The molecule has 248 valence electrons. The fraction of sp³-hybridized carbons (Fsp3) is 0.806. The molecule has 9 nitrogen and oxygen atoms in total. The summed E-state index contributed by atoms with van der Waals surface area (Å²) in [4.78, 5) is 31.3. The largest absolute Gasteiger partial charge is 0.395 e. The van der Waals surface area contributed by atoms with Crippen LogP contribution in [-0.4, -0.2) is 59.3 Å². The van der Waals surface area contributed by atoms with E-state index >= 15 is 0 Å². The second-order valence-electron chi connectivity index (χ2n) is 11.3. The van der Waals surface area contributed by atoms with Crippen molar-refractivity contribution in [2.45, 2.75) is 141 Å². The van der Waals surface area contributed by atoms with Crippen molar-refractivity contribution in [2.75, 3.05) is 13.2 Å². The average molecular weight is 639 g/mol. The number of aliphatic hydroxyl groups excluding tert-OH is 3. The molecule has 0 heterocycles. The van der Waals surface area contributed by atoms with Crippen molar-refractivity contribution in [1.29, 1.82) is 0 Å². The van der Waals surface area contributed by atoms with E-state index in [0.717, 1.165) is 38.5 Å². The Morgan fingerprint density at radius 1 is 0.643 bits per heavy atom. The van der Waals surface area contributed by atoms with Crippen LogP contribution in [0.3, 0.4) is 0 Å². The van der Waals surface area contributed by atoms with Crippen LogP contribution in [0.4, 0.5) is 0 Å².